The van der Waals surface area contributed by atoms with Crippen molar-refractivity contribution >= 4 is 12.2 Å². The summed E-state index contributed by atoms with van der Waals surface area (Å²) in [6.45, 7) is 9.75. The van der Waals surface area contributed by atoms with E-state index in [2.05, 4.69) is 42.5 Å². The quantitative estimate of drug-likeness (QED) is 0.780. The number of aromatic amines is 1. The van der Waals surface area contributed by atoms with Crippen molar-refractivity contribution in [1.29, 1.82) is 0 Å². The number of nitrogens with one attached hydrogen (secondary N) is 1. The summed E-state index contributed by atoms with van der Waals surface area (Å²) < 4.78 is 2.85. The number of H-pyrrole nitrogens is 1. The molecule has 0 saturated heterocycles. The smallest absolute Gasteiger partial charge is 0.195 e. The molecule has 3 nitrogen and oxygen atoms in total. The molecule has 1 rings (SSSR count). The zero-order valence-corrected chi connectivity index (χ0v) is 10.2. The van der Waals surface area contributed by atoms with Gasteiger partial charge in [-0.3, -0.25) is 5.10 Å². The van der Waals surface area contributed by atoms with Gasteiger partial charge in [-0.15, -0.1) is 0 Å². The molecule has 80 valence electrons. The molecule has 0 aliphatic heterocycles. The molecule has 0 fully saturated rings. The van der Waals surface area contributed by atoms with Gasteiger partial charge in [0.2, 0.25) is 0 Å². The van der Waals surface area contributed by atoms with Crippen LogP contribution in [0.1, 0.15) is 39.9 Å². The topological polar surface area (TPSA) is 33.6 Å². The van der Waals surface area contributed by atoms with Crippen LogP contribution in [0.3, 0.4) is 0 Å². The molecule has 4 heteroatoms. The fourth-order valence-electron chi connectivity index (χ4n) is 1.32. The first-order valence-electron chi connectivity index (χ1n) is 5.14. The Morgan fingerprint density at radius 3 is 2.57 bits per heavy atom. The molecular weight excluding hydrogens is 194 g/mol. The Morgan fingerprint density at radius 1 is 1.43 bits per heavy atom. The SMILES string of the molecule is CCc1n[nH]c(=S)n1CC(C)(C)CC. The fraction of sp³-hybridized carbons (Fsp3) is 0.800. The number of rotatable bonds is 4. The van der Waals surface area contributed by atoms with E-state index in [9.17, 15) is 0 Å². The zero-order chi connectivity index (χ0) is 10.8. The van der Waals surface area contributed by atoms with Gasteiger partial charge in [-0.05, 0) is 24.1 Å². The summed E-state index contributed by atoms with van der Waals surface area (Å²) in [4.78, 5) is 0. The molecule has 0 atom stereocenters. The van der Waals surface area contributed by atoms with Crippen LogP contribution in [-0.4, -0.2) is 14.8 Å². The molecule has 0 aromatic carbocycles. The average molecular weight is 213 g/mol. The highest BCUT2D eigenvalue weighted by atomic mass is 32.1. The van der Waals surface area contributed by atoms with E-state index in [1.807, 2.05) is 0 Å². The molecule has 14 heavy (non-hydrogen) atoms. The number of aryl methyl sites for hydroxylation is 1. The van der Waals surface area contributed by atoms with Crippen molar-refractivity contribution in [3.8, 4) is 0 Å². The van der Waals surface area contributed by atoms with E-state index in [1.54, 1.807) is 0 Å². The van der Waals surface area contributed by atoms with Crippen LogP contribution in [0.5, 0.6) is 0 Å². The predicted molar refractivity (Wildman–Crippen MR) is 60.9 cm³/mol. The number of aromatic nitrogens is 3. The van der Waals surface area contributed by atoms with E-state index >= 15 is 0 Å². The van der Waals surface area contributed by atoms with Crippen molar-refractivity contribution in [2.75, 3.05) is 0 Å². The van der Waals surface area contributed by atoms with Gasteiger partial charge in [0, 0.05) is 13.0 Å². The van der Waals surface area contributed by atoms with Crippen molar-refractivity contribution in [3.05, 3.63) is 10.6 Å². The lowest BCUT2D eigenvalue weighted by Crippen LogP contribution is -2.20. The van der Waals surface area contributed by atoms with Crippen molar-refractivity contribution in [1.82, 2.24) is 14.8 Å². The maximum absolute atomic E-state index is 5.20. The Hall–Kier alpha value is -0.640. The summed E-state index contributed by atoms with van der Waals surface area (Å²) in [7, 11) is 0. The normalized spacial score (nSPS) is 12.0. The molecule has 1 N–H and O–H groups in total. The van der Waals surface area contributed by atoms with Gasteiger partial charge in [-0.1, -0.05) is 27.7 Å². The van der Waals surface area contributed by atoms with Crippen molar-refractivity contribution in [3.63, 3.8) is 0 Å². The number of hydrogen-bond donors (Lipinski definition) is 1. The predicted octanol–water partition coefficient (Wildman–Crippen LogP) is 2.94. The Bertz CT molecular complexity index is 348. The van der Waals surface area contributed by atoms with E-state index in [1.165, 1.54) is 0 Å². The third-order valence-electron chi connectivity index (χ3n) is 2.70. The summed E-state index contributed by atoms with van der Waals surface area (Å²) in [6, 6.07) is 0. The average Bonchev–Trinajstić information content (AvgIpc) is 2.48. The molecule has 0 aliphatic carbocycles. The fourth-order valence-corrected chi connectivity index (χ4v) is 1.54. The van der Waals surface area contributed by atoms with Crippen LogP contribution >= 0.6 is 12.2 Å². The number of nitrogens with zero attached hydrogens (tertiary/aromatic N) is 2. The third kappa shape index (κ3) is 2.44. The van der Waals surface area contributed by atoms with Gasteiger partial charge in [-0.2, -0.15) is 5.10 Å². The van der Waals surface area contributed by atoms with Crippen molar-refractivity contribution < 1.29 is 0 Å². The monoisotopic (exact) mass is 213 g/mol. The van der Waals surface area contributed by atoms with Crippen LogP contribution in [0, 0.1) is 10.2 Å². The molecule has 0 bridgehead atoms. The van der Waals surface area contributed by atoms with Crippen LogP contribution in [0.4, 0.5) is 0 Å². The third-order valence-corrected chi connectivity index (χ3v) is 3.01. The van der Waals surface area contributed by atoms with Gasteiger partial charge < -0.3 is 4.57 Å². The highest BCUT2D eigenvalue weighted by Crippen LogP contribution is 2.22. The molecule has 1 aromatic rings. The van der Waals surface area contributed by atoms with E-state index < -0.39 is 0 Å². The first kappa shape index (κ1) is 11.4. The summed E-state index contributed by atoms with van der Waals surface area (Å²) in [5.74, 6) is 1.05. The van der Waals surface area contributed by atoms with Crippen LogP contribution < -0.4 is 0 Å². The second-order valence-corrected chi connectivity index (χ2v) is 4.79. The molecular formula is C10H19N3S. The summed E-state index contributed by atoms with van der Waals surface area (Å²) in [6.07, 6.45) is 2.07. The highest BCUT2D eigenvalue weighted by Gasteiger charge is 2.18. The minimum Gasteiger partial charge on any atom is -0.304 e. The van der Waals surface area contributed by atoms with E-state index in [0.29, 0.717) is 0 Å². The minimum atomic E-state index is 0.284. The summed E-state index contributed by atoms with van der Waals surface area (Å²) >= 11 is 5.20. The second-order valence-electron chi connectivity index (χ2n) is 4.40. The van der Waals surface area contributed by atoms with Gasteiger partial charge in [0.15, 0.2) is 4.77 Å². The molecule has 0 spiro atoms. The lowest BCUT2D eigenvalue weighted by Gasteiger charge is -2.23. The first-order chi connectivity index (χ1) is 6.50. The standard InChI is InChI=1S/C10H19N3S/c1-5-8-11-12-9(14)13(8)7-10(3,4)6-2/h5-7H2,1-4H3,(H,12,14). The molecule has 0 saturated carbocycles. The van der Waals surface area contributed by atoms with Crippen molar-refractivity contribution in [2.45, 2.75) is 47.1 Å². The van der Waals surface area contributed by atoms with E-state index in [-0.39, 0.29) is 5.41 Å². The molecule has 1 aromatic heterocycles. The summed E-state index contributed by atoms with van der Waals surface area (Å²) in [5.41, 5.74) is 0.284. The van der Waals surface area contributed by atoms with Gasteiger partial charge in [-0.25, -0.2) is 0 Å². The summed E-state index contributed by atoms with van der Waals surface area (Å²) in [5, 5.41) is 7.05. The lowest BCUT2D eigenvalue weighted by atomic mass is 9.90. The maximum Gasteiger partial charge on any atom is 0.195 e. The zero-order valence-electron chi connectivity index (χ0n) is 9.42. The highest BCUT2D eigenvalue weighted by molar-refractivity contribution is 7.71. The lowest BCUT2D eigenvalue weighted by molar-refractivity contribution is 0.289. The van der Waals surface area contributed by atoms with Gasteiger partial charge in [0.1, 0.15) is 5.82 Å². The molecule has 0 radical (unpaired) electrons. The van der Waals surface area contributed by atoms with Crippen molar-refractivity contribution in [2.24, 2.45) is 5.41 Å². The van der Waals surface area contributed by atoms with Crippen LogP contribution in [0.2, 0.25) is 0 Å². The Morgan fingerprint density at radius 2 is 2.07 bits per heavy atom. The van der Waals surface area contributed by atoms with Crippen LogP contribution in [0.15, 0.2) is 0 Å². The largest absolute Gasteiger partial charge is 0.304 e. The molecule has 0 amide bonds. The minimum absolute atomic E-state index is 0.284. The Kier molecular flexibility index (Phi) is 3.48. The molecule has 1 heterocycles. The molecule has 0 unspecified atom stereocenters. The first-order valence-corrected chi connectivity index (χ1v) is 5.55. The van der Waals surface area contributed by atoms with Gasteiger partial charge in [0.25, 0.3) is 0 Å². The van der Waals surface area contributed by atoms with Crippen LogP contribution in [0.25, 0.3) is 0 Å². The Balaban J connectivity index is 2.95. The molecule has 0 aliphatic rings. The number of hydrogen-bond acceptors (Lipinski definition) is 2. The Labute approximate surface area is 90.5 Å². The second kappa shape index (κ2) is 4.26. The van der Waals surface area contributed by atoms with Gasteiger partial charge >= 0.3 is 0 Å². The maximum atomic E-state index is 5.20. The van der Waals surface area contributed by atoms with Gasteiger partial charge in [0.05, 0.1) is 0 Å². The van der Waals surface area contributed by atoms with E-state index in [4.69, 9.17) is 12.2 Å². The van der Waals surface area contributed by atoms with Crippen LogP contribution in [-0.2, 0) is 13.0 Å². The van der Waals surface area contributed by atoms with E-state index in [0.717, 1.165) is 30.0 Å².